The quantitative estimate of drug-likeness (QED) is 0.928. The first-order valence-corrected chi connectivity index (χ1v) is 8.79. The Kier molecular flexibility index (Phi) is 4.80. The monoisotopic (exact) mass is 345 g/mol. The first-order chi connectivity index (χ1) is 11.6. The molecule has 1 saturated heterocycles. The Balaban J connectivity index is 1.87. The fraction of sp³-hybridized carbons (Fsp3) is 0.353. The molecule has 0 spiro atoms. The molecular weight excluding hydrogens is 326 g/mol. The summed E-state index contributed by atoms with van der Waals surface area (Å²) in [6, 6.07) is 4.94. The Morgan fingerprint density at radius 1 is 1.21 bits per heavy atom. The molecule has 0 saturated carbocycles. The number of rotatable bonds is 3. The van der Waals surface area contributed by atoms with Crippen molar-refractivity contribution in [2.45, 2.75) is 19.3 Å². The number of carbonyl (C=O) groups excluding carboxylic acids is 2. The van der Waals surface area contributed by atoms with Gasteiger partial charge in [-0.15, -0.1) is 11.3 Å². The van der Waals surface area contributed by atoms with Crippen LogP contribution in [-0.4, -0.2) is 34.4 Å². The Bertz CT molecular complexity index is 805. The van der Waals surface area contributed by atoms with Crippen LogP contribution >= 0.6 is 11.3 Å². The molecule has 6 nitrogen and oxygen atoms in total. The van der Waals surface area contributed by atoms with E-state index in [4.69, 9.17) is 0 Å². The Morgan fingerprint density at radius 3 is 2.62 bits per heavy atom. The molecule has 0 radical (unpaired) electrons. The highest BCUT2D eigenvalue weighted by Gasteiger charge is 2.20. The lowest BCUT2D eigenvalue weighted by atomic mass is 10.1. The van der Waals surface area contributed by atoms with E-state index >= 15 is 0 Å². The molecule has 2 amide bonds. The normalized spacial score (nSPS) is 14.5. The number of likely N-dealkylation sites (tertiary alicyclic amines) is 1. The maximum absolute atomic E-state index is 12.6. The molecule has 1 aliphatic rings. The summed E-state index contributed by atoms with van der Waals surface area (Å²) in [4.78, 5) is 39.4. The number of hydrogen-bond acceptors (Lipinski definition) is 4. The lowest BCUT2D eigenvalue weighted by Gasteiger charge is -2.27. The fourth-order valence-corrected chi connectivity index (χ4v) is 3.41. The van der Waals surface area contributed by atoms with Crippen LogP contribution in [0.5, 0.6) is 0 Å². The lowest BCUT2D eigenvalue weighted by molar-refractivity contribution is 0.0723. The average molecular weight is 345 g/mol. The van der Waals surface area contributed by atoms with Crippen molar-refractivity contribution in [3.8, 4) is 0 Å². The molecule has 0 aliphatic carbocycles. The number of hydrogen-bond donors (Lipinski definition) is 1. The van der Waals surface area contributed by atoms with Crippen LogP contribution in [0.2, 0.25) is 0 Å². The van der Waals surface area contributed by atoms with Gasteiger partial charge in [-0.25, -0.2) is 0 Å². The first-order valence-electron chi connectivity index (χ1n) is 7.91. The van der Waals surface area contributed by atoms with Crippen LogP contribution in [0, 0.1) is 0 Å². The zero-order chi connectivity index (χ0) is 17.1. The van der Waals surface area contributed by atoms with Gasteiger partial charge < -0.3 is 14.8 Å². The third-order valence-corrected chi connectivity index (χ3v) is 4.94. The highest BCUT2D eigenvalue weighted by Crippen LogP contribution is 2.16. The zero-order valence-electron chi connectivity index (χ0n) is 13.4. The van der Waals surface area contributed by atoms with E-state index < -0.39 is 0 Å². The number of nitrogens with zero attached hydrogens (tertiary/aromatic N) is 2. The summed E-state index contributed by atoms with van der Waals surface area (Å²) in [6.07, 6.45) is 4.66. The number of amides is 2. The molecule has 126 valence electrons. The molecule has 0 aromatic carbocycles. The molecular formula is C17H19N3O3S. The first kappa shape index (κ1) is 16.4. The van der Waals surface area contributed by atoms with E-state index in [1.807, 2.05) is 0 Å². The molecule has 3 rings (SSSR count). The highest BCUT2D eigenvalue weighted by molar-refractivity contribution is 7.12. The number of pyridine rings is 1. The Labute approximate surface area is 143 Å². The van der Waals surface area contributed by atoms with Crippen LogP contribution in [0.25, 0.3) is 0 Å². The van der Waals surface area contributed by atoms with Crippen LogP contribution in [-0.2, 0) is 7.05 Å². The summed E-state index contributed by atoms with van der Waals surface area (Å²) in [7, 11) is 1.58. The molecule has 0 unspecified atom stereocenters. The SMILES string of the molecule is Cn1cc(C(=O)N2CCCCC2)cc(NC(=O)c2cccs2)c1=O. The van der Waals surface area contributed by atoms with Gasteiger partial charge in [0.2, 0.25) is 0 Å². The Hall–Kier alpha value is -2.41. The van der Waals surface area contributed by atoms with Gasteiger partial charge in [0, 0.05) is 26.3 Å². The molecule has 1 aliphatic heterocycles. The largest absolute Gasteiger partial charge is 0.339 e. The summed E-state index contributed by atoms with van der Waals surface area (Å²) in [5.41, 5.74) is 0.203. The predicted octanol–water partition coefficient (Wildman–Crippen LogP) is 2.33. The van der Waals surface area contributed by atoms with Crippen LogP contribution in [0.3, 0.4) is 0 Å². The molecule has 24 heavy (non-hydrogen) atoms. The van der Waals surface area contributed by atoms with Crippen molar-refractivity contribution >= 4 is 28.8 Å². The number of anilines is 1. The minimum absolute atomic E-state index is 0.100. The predicted molar refractivity (Wildman–Crippen MR) is 93.7 cm³/mol. The maximum Gasteiger partial charge on any atom is 0.274 e. The van der Waals surface area contributed by atoms with Crippen LogP contribution in [0.15, 0.2) is 34.6 Å². The van der Waals surface area contributed by atoms with Gasteiger partial charge in [0.25, 0.3) is 17.4 Å². The number of nitrogens with one attached hydrogen (secondary N) is 1. The number of thiophene rings is 1. The van der Waals surface area contributed by atoms with Crippen molar-refractivity contribution in [3.63, 3.8) is 0 Å². The second-order valence-corrected chi connectivity index (χ2v) is 6.79. The highest BCUT2D eigenvalue weighted by atomic mass is 32.1. The molecule has 2 aromatic heterocycles. The van der Waals surface area contributed by atoms with Gasteiger partial charge in [0.05, 0.1) is 10.4 Å². The summed E-state index contributed by atoms with van der Waals surface area (Å²) in [5, 5.41) is 4.41. The molecule has 1 N–H and O–H groups in total. The summed E-state index contributed by atoms with van der Waals surface area (Å²) < 4.78 is 1.33. The number of aromatic nitrogens is 1. The zero-order valence-corrected chi connectivity index (χ0v) is 14.3. The summed E-state index contributed by atoms with van der Waals surface area (Å²) in [6.45, 7) is 1.47. The van der Waals surface area contributed by atoms with Crippen LogP contribution in [0.4, 0.5) is 5.69 Å². The van der Waals surface area contributed by atoms with E-state index in [1.165, 1.54) is 28.2 Å². The third-order valence-electron chi connectivity index (χ3n) is 4.07. The van der Waals surface area contributed by atoms with E-state index in [0.29, 0.717) is 10.4 Å². The van der Waals surface area contributed by atoms with Crippen molar-refractivity contribution in [2.24, 2.45) is 7.05 Å². The number of carbonyl (C=O) groups is 2. The van der Waals surface area contributed by atoms with E-state index in [9.17, 15) is 14.4 Å². The Morgan fingerprint density at radius 2 is 1.96 bits per heavy atom. The smallest absolute Gasteiger partial charge is 0.274 e. The van der Waals surface area contributed by atoms with E-state index in [0.717, 1.165) is 32.4 Å². The average Bonchev–Trinajstić information content (AvgIpc) is 3.13. The molecule has 0 bridgehead atoms. The third kappa shape index (κ3) is 3.41. The standard InChI is InChI=1S/C17H19N3O3S/c1-19-11-12(16(22)20-7-3-2-4-8-20)10-13(17(19)23)18-15(21)14-6-5-9-24-14/h5-6,9-11H,2-4,7-8H2,1H3,(H,18,21). The summed E-state index contributed by atoms with van der Waals surface area (Å²) >= 11 is 1.30. The molecule has 7 heteroatoms. The van der Waals surface area contributed by atoms with Crippen LogP contribution < -0.4 is 10.9 Å². The van der Waals surface area contributed by atoms with Gasteiger partial charge in [-0.3, -0.25) is 14.4 Å². The van der Waals surface area contributed by atoms with Crippen molar-refractivity contribution < 1.29 is 9.59 Å². The van der Waals surface area contributed by atoms with Crippen molar-refractivity contribution in [3.05, 3.63) is 50.6 Å². The topological polar surface area (TPSA) is 71.4 Å². The van der Waals surface area contributed by atoms with E-state index in [2.05, 4.69) is 5.32 Å². The van der Waals surface area contributed by atoms with E-state index in [1.54, 1.807) is 29.5 Å². The fourth-order valence-electron chi connectivity index (χ4n) is 2.79. The molecule has 0 atom stereocenters. The minimum atomic E-state index is -0.343. The second-order valence-electron chi connectivity index (χ2n) is 5.84. The van der Waals surface area contributed by atoms with Gasteiger partial charge in [-0.1, -0.05) is 6.07 Å². The van der Waals surface area contributed by atoms with Gasteiger partial charge in [0.15, 0.2) is 0 Å². The lowest BCUT2D eigenvalue weighted by Crippen LogP contribution is -2.36. The summed E-state index contributed by atoms with van der Waals surface area (Å²) in [5.74, 6) is -0.443. The molecule has 2 aromatic rings. The van der Waals surface area contributed by atoms with Gasteiger partial charge in [-0.2, -0.15) is 0 Å². The van der Waals surface area contributed by atoms with Gasteiger partial charge >= 0.3 is 0 Å². The number of aryl methyl sites for hydroxylation is 1. The van der Waals surface area contributed by atoms with Gasteiger partial charge in [-0.05, 0) is 36.8 Å². The second kappa shape index (κ2) is 7.00. The number of piperidine rings is 1. The van der Waals surface area contributed by atoms with Crippen molar-refractivity contribution in [1.29, 1.82) is 0 Å². The van der Waals surface area contributed by atoms with E-state index in [-0.39, 0.29) is 23.1 Å². The minimum Gasteiger partial charge on any atom is -0.339 e. The molecule has 1 fully saturated rings. The van der Waals surface area contributed by atoms with Gasteiger partial charge in [0.1, 0.15) is 5.69 Å². The van der Waals surface area contributed by atoms with Crippen molar-refractivity contribution in [1.82, 2.24) is 9.47 Å². The van der Waals surface area contributed by atoms with Crippen molar-refractivity contribution in [2.75, 3.05) is 18.4 Å². The maximum atomic E-state index is 12.6. The van der Waals surface area contributed by atoms with Crippen LogP contribution in [0.1, 0.15) is 39.3 Å². The molecule has 3 heterocycles.